The van der Waals surface area contributed by atoms with E-state index in [1.807, 2.05) is 19.1 Å². The predicted octanol–water partition coefficient (Wildman–Crippen LogP) is 4.31. The van der Waals surface area contributed by atoms with Gasteiger partial charge in [-0.2, -0.15) is 5.10 Å². The van der Waals surface area contributed by atoms with Gasteiger partial charge in [0.25, 0.3) is 5.91 Å². The number of nitrogens with one attached hydrogen (secondary N) is 2. The lowest BCUT2D eigenvalue weighted by Crippen LogP contribution is -2.12. The monoisotopic (exact) mass is 366 g/mol. The molecule has 0 unspecified atom stereocenters. The van der Waals surface area contributed by atoms with E-state index in [0.29, 0.717) is 22.6 Å². The van der Waals surface area contributed by atoms with Crippen molar-refractivity contribution in [2.45, 2.75) is 13.3 Å². The second-order valence-electron chi connectivity index (χ2n) is 5.92. The first-order chi connectivity index (χ1) is 12.6. The molecule has 4 rings (SSSR count). The summed E-state index contributed by atoms with van der Waals surface area (Å²) in [5.74, 6) is -0.488. The molecular weight excluding hydrogens is 351 g/mol. The van der Waals surface area contributed by atoms with E-state index in [-0.39, 0.29) is 11.7 Å². The van der Waals surface area contributed by atoms with Crippen molar-refractivity contribution in [2.24, 2.45) is 0 Å². The highest BCUT2D eigenvalue weighted by Gasteiger charge is 2.15. The second-order valence-corrected chi connectivity index (χ2v) is 7.01. The van der Waals surface area contributed by atoms with Gasteiger partial charge in [-0.25, -0.2) is 9.37 Å². The lowest BCUT2D eigenvalue weighted by Gasteiger charge is -2.02. The Morgan fingerprint density at radius 1 is 1.23 bits per heavy atom. The summed E-state index contributed by atoms with van der Waals surface area (Å²) in [7, 11) is 0. The zero-order valence-corrected chi connectivity index (χ0v) is 14.7. The number of halogens is 1. The van der Waals surface area contributed by atoms with Crippen LogP contribution < -0.4 is 5.32 Å². The third-order valence-corrected chi connectivity index (χ3v) is 5.19. The maximum Gasteiger partial charge on any atom is 0.259 e. The second kappa shape index (κ2) is 6.68. The van der Waals surface area contributed by atoms with Crippen LogP contribution in [0.1, 0.15) is 26.5 Å². The number of benzene rings is 2. The van der Waals surface area contributed by atoms with Crippen molar-refractivity contribution < 1.29 is 9.18 Å². The lowest BCUT2D eigenvalue weighted by molar-refractivity contribution is 0.102. The van der Waals surface area contributed by atoms with Crippen LogP contribution in [0, 0.1) is 12.7 Å². The number of carbonyl (C=O) groups excluding carboxylic acids is 1. The average Bonchev–Trinajstić information content (AvgIpc) is 3.23. The first-order valence-electron chi connectivity index (χ1n) is 8.04. The Labute approximate surface area is 152 Å². The molecule has 4 aromatic rings. The van der Waals surface area contributed by atoms with Crippen molar-refractivity contribution in [1.29, 1.82) is 0 Å². The third kappa shape index (κ3) is 3.21. The zero-order valence-electron chi connectivity index (χ0n) is 13.9. The Morgan fingerprint density at radius 2 is 2.04 bits per heavy atom. The van der Waals surface area contributed by atoms with E-state index in [4.69, 9.17) is 0 Å². The van der Waals surface area contributed by atoms with Crippen LogP contribution in [0.15, 0.2) is 48.7 Å². The lowest BCUT2D eigenvalue weighted by atomic mass is 10.1. The van der Waals surface area contributed by atoms with Crippen LogP contribution in [0.4, 0.5) is 9.52 Å². The Hall–Kier alpha value is -3.06. The van der Waals surface area contributed by atoms with Crippen LogP contribution in [0.3, 0.4) is 0 Å². The fraction of sp³-hybridized carbons (Fsp3) is 0.105. The molecule has 0 spiro atoms. The van der Waals surface area contributed by atoms with E-state index in [2.05, 4.69) is 20.5 Å². The molecule has 5 nitrogen and oxygen atoms in total. The number of aromatic amines is 1. The van der Waals surface area contributed by atoms with E-state index >= 15 is 0 Å². The summed E-state index contributed by atoms with van der Waals surface area (Å²) in [6, 6.07) is 11.9. The normalized spacial score (nSPS) is 11.0. The highest BCUT2D eigenvalue weighted by Crippen LogP contribution is 2.26. The predicted molar refractivity (Wildman–Crippen MR) is 100 cm³/mol. The number of amides is 1. The fourth-order valence-corrected chi connectivity index (χ4v) is 3.75. The number of anilines is 1. The highest BCUT2D eigenvalue weighted by molar-refractivity contribution is 7.15. The summed E-state index contributed by atoms with van der Waals surface area (Å²) < 4.78 is 13.0. The maximum atomic E-state index is 13.0. The molecule has 2 aromatic carbocycles. The number of rotatable bonds is 4. The molecular formula is C19H15FN4OS. The third-order valence-electron chi connectivity index (χ3n) is 4.11. The summed E-state index contributed by atoms with van der Waals surface area (Å²) >= 11 is 1.43. The maximum absolute atomic E-state index is 13.0. The molecule has 130 valence electrons. The van der Waals surface area contributed by atoms with Crippen molar-refractivity contribution in [3.05, 3.63) is 76.2 Å². The number of para-hydroxylation sites is 1. The van der Waals surface area contributed by atoms with Gasteiger partial charge in [0.2, 0.25) is 0 Å². The van der Waals surface area contributed by atoms with Crippen LogP contribution >= 0.6 is 11.3 Å². The van der Waals surface area contributed by atoms with Gasteiger partial charge in [-0.1, -0.05) is 24.3 Å². The van der Waals surface area contributed by atoms with Crippen molar-refractivity contribution in [2.75, 3.05) is 5.32 Å². The molecule has 2 aromatic heterocycles. The molecule has 0 atom stereocenters. The molecule has 0 saturated carbocycles. The minimum absolute atomic E-state index is 0.234. The molecule has 1 amide bonds. The number of carbonyl (C=O) groups is 1. The van der Waals surface area contributed by atoms with Gasteiger partial charge < -0.3 is 0 Å². The molecule has 0 aliphatic carbocycles. The summed E-state index contributed by atoms with van der Waals surface area (Å²) in [5.41, 5.74) is 3.07. The van der Waals surface area contributed by atoms with Crippen LogP contribution in [0.2, 0.25) is 0 Å². The van der Waals surface area contributed by atoms with Gasteiger partial charge >= 0.3 is 0 Å². The number of aromatic nitrogens is 3. The molecule has 0 saturated heterocycles. The van der Waals surface area contributed by atoms with Crippen molar-refractivity contribution >= 4 is 33.3 Å². The summed E-state index contributed by atoms with van der Waals surface area (Å²) in [6.45, 7) is 1.90. The summed E-state index contributed by atoms with van der Waals surface area (Å²) in [4.78, 5) is 18.1. The standard InChI is InChI=1S/C19H15FN4OS/c1-11-16(9-12-5-7-14(20)8-6-12)26-19(22-11)23-18(25)15-4-2-3-13-10-21-24-17(13)15/h2-8,10H,9H2,1H3,(H,21,24)(H,22,23,25). The quantitative estimate of drug-likeness (QED) is 0.565. The van der Waals surface area contributed by atoms with Gasteiger partial charge in [-0.05, 0) is 30.7 Å². The molecule has 2 heterocycles. The minimum Gasteiger partial charge on any atom is -0.298 e. The van der Waals surface area contributed by atoms with Gasteiger partial charge in [0.15, 0.2) is 5.13 Å². The van der Waals surface area contributed by atoms with E-state index in [1.54, 1.807) is 24.4 Å². The van der Waals surface area contributed by atoms with Gasteiger partial charge in [-0.3, -0.25) is 15.2 Å². The number of nitrogens with zero attached hydrogens (tertiary/aromatic N) is 2. The van der Waals surface area contributed by atoms with Gasteiger partial charge in [0.05, 0.1) is 23.0 Å². The highest BCUT2D eigenvalue weighted by atomic mass is 32.1. The minimum atomic E-state index is -0.254. The number of H-pyrrole nitrogens is 1. The topological polar surface area (TPSA) is 70.7 Å². The van der Waals surface area contributed by atoms with Crippen LogP contribution in [-0.2, 0) is 6.42 Å². The Morgan fingerprint density at radius 3 is 2.85 bits per heavy atom. The van der Waals surface area contributed by atoms with E-state index < -0.39 is 0 Å². The Balaban J connectivity index is 1.54. The first kappa shape index (κ1) is 16.4. The SMILES string of the molecule is Cc1nc(NC(=O)c2cccc3cn[nH]c23)sc1Cc1ccc(F)cc1. The molecule has 2 N–H and O–H groups in total. The fourth-order valence-electron chi connectivity index (χ4n) is 2.76. The number of hydrogen-bond acceptors (Lipinski definition) is 4. The number of hydrogen-bond donors (Lipinski definition) is 2. The number of fused-ring (bicyclic) bond motifs is 1. The largest absolute Gasteiger partial charge is 0.298 e. The smallest absolute Gasteiger partial charge is 0.259 e. The van der Waals surface area contributed by atoms with E-state index in [0.717, 1.165) is 21.5 Å². The van der Waals surface area contributed by atoms with Crippen LogP contribution in [0.5, 0.6) is 0 Å². The Bertz CT molecular complexity index is 1080. The molecule has 0 aliphatic heterocycles. The molecule has 0 fully saturated rings. The Kier molecular flexibility index (Phi) is 4.22. The van der Waals surface area contributed by atoms with Gasteiger partial charge in [0, 0.05) is 16.7 Å². The summed E-state index contributed by atoms with van der Waals surface area (Å²) in [5, 5.41) is 11.1. The molecule has 0 aliphatic rings. The summed E-state index contributed by atoms with van der Waals surface area (Å²) in [6.07, 6.45) is 2.33. The van der Waals surface area contributed by atoms with E-state index in [9.17, 15) is 9.18 Å². The number of thiazole rings is 1. The molecule has 7 heteroatoms. The van der Waals surface area contributed by atoms with Crippen LogP contribution in [0.25, 0.3) is 10.9 Å². The van der Waals surface area contributed by atoms with Crippen molar-refractivity contribution in [3.8, 4) is 0 Å². The average molecular weight is 366 g/mol. The zero-order chi connectivity index (χ0) is 18.1. The van der Waals surface area contributed by atoms with Crippen LogP contribution in [-0.4, -0.2) is 21.1 Å². The van der Waals surface area contributed by atoms with Gasteiger partial charge in [0.1, 0.15) is 5.82 Å². The molecule has 26 heavy (non-hydrogen) atoms. The molecule has 0 bridgehead atoms. The van der Waals surface area contributed by atoms with Crippen molar-refractivity contribution in [3.63, 3.8) is 0 Å². The van der Waals surface area contributed by atoms with Gasteiger partial charge in [-0.15, -0.1) is 11.3 Å². The molecule has 0 radical (unpaired) electrons. The number of aryl methyl sites for hydroxylation is 1. The first-order valence-corrected chi connectivity index (χ1v) is 8.86. The van der Waals surface area contributed by atoms with E-state index in [1.165, 1.54) is 23.5 Å². The van der Waals surface area contributed by atoms with Crippen molar-refractivity contribution in [1.82, 2.24) is 15.2 Å².